The van der Waals surface area contributed by atoms with Crippen molar-refractivity contribution in [2.75, 3.05) is 5.75 Å². The largest absolute Gasteiger partial charge is 0.413 e. The molecule has 0 amide bonds. The predicted molar refractivity (Wildman–Crippen MR) is 86.7 cm³/mol. The van der Waals surface area contributed by atoms with Gasteiger partial charge >= 0.3 is 0 Å². The molecule has 0 spiro atoms. The molecule has 1 aromatic carbocycles. The first-order valence-corrected chi connectivity index (χ1v) is 10.3. The lowest BCUT2D eigenvalue weighted by molar-refractivity contribution is 0.108. The van der Waals surface area contributed by atoms with Crippen molar-refractivity contribution in [1.29, 1.82) is 0 Å². The van der Waals surface area contributed by atoms with E-state index in [1.165, 1.54) is 4.90 Å². The van der Waals surface area contributed by atoms with Crippen LogP contribution in [0.4, 0.5) is 0 Å². The summed E-state index contributed by atoms with van der Waals surface area (Å²) in [7, 11) is -0.647. The molecule has 1 aromatic rings. The molecule has 0 aliphatic carbocycles. The average molecular weight is 346 g/mol. The Hall–Kier alpha value is 0.227. The SMILES string of the molecule is C[Si](C)OC(CSc1ccc(Br)cc1)C(C)(C)C. The van der Waals surface area contributed by atoms with Crippen molar-refractivity contribution in [3.05, 3.63) is 28.7 Å². The van der Waals surface area contributed by atoms with Crippen molar-refractivity contribution in [2.24, 2.45) is 5.41 Å². The molecule has 0 aliphatic heterocycles. The summed E-state index contributed by atoms with van der Waals surface area (Å²) in [6, 6.07) is 8.48. The molecule has 1 radical (unpaired) electrons. The summed E-state index contributed by atoms with van der Waals surface area (Å²) in [6.07, 6.45) is 0.315. The molecule has 0 N–H and O–H groups in total. The van der Waals surface area contributed by atoms with Gasteiger partial charge in [0.1, 0.15) is 0 Å². The highest BCUT2D eigenvalue weighted by Crippen LogP contribution is 2.29. The summed E-state index contributed by atoms with van der Waals surface area (Å²) in [5.41, 5.74) is 0.199. The van der Waals surface area contributed by atoms with Crippen molar-refractivity contribution in [3.8, 4) is 0 Å². The van der Waals surface area contributed by atoms with Gasteiger partial charge in [-0.25, -0.2) is 0 Å². The maximum atomic E-state index is 6.13. The monoisotopic (exact) mass is 345 g/mol. The van der Waals surface area contributed by atoms with Crippen molar-refractivity contribution in [1.82, 2.24) is 0 Å². The van der Waals surface area contributed by atoms with Crippen LogP contribution < -0.4 is 0 Å². The molecule has 1 rings (SSSR count). The van der Waals surface area contributed by atoms with Crippen LogP contribution in [0.15, 0.2) is 33.6 Å². The van der Waals surface area contributed by atoms with Crippen LogP contribution in [0.1, 0.15) is 20.8 Å². The van der Waals surface area contributed by atoms with Gasteiger partial charge in [-0.05, 0) is 42.8 Å². The first-order valence-electron chi connectivity index (χ1n) is 6.14. The van der Waals surface area contributed by atoms with Crippen molar-refractivity contribution in [2.45, 2.75) is 44.9 Å². The van der Waals surface area contributed by atoms with Crippen LogP contribution in [-0.4, -0.2) is 20.9 Å². The molecule has 4 heteroatoms. The van der Waals surface area contributed by atoms with E-state index in [0.717, 1.165) is 10.2 Å². The van der Waals surface area contributed by atoms with E-state index in [1.54, 1.807) is 0 Å². The van der Waals surface area contributed by atoms with Crippen LogP contribution in [0.3, 0.4) is 0 Å². The minimum atomic E-state index is -0.647. The zero-order chi connectivity index (χ0) is 13.8. The number of halogens is 1. The Morgan fingerprint density at radius 2 is 1.78 bits per heavy atom. The Balaban J connectivity index is 2.59. The second-order valence-corrected chi connectivity index (χ2v) is 9.71. The zero-order valence-corrected chi connectivity index (χ0v) is 15.2. The van der Waals surface area contributed by atoms with Gasteiger partial charge in [0.25, 0.3) is 0 Å². The van der Waals surface area contributed by atoms with Gasteiger partial charge in [0, 0.05) is 15.1 Å². The lowest BCUT2D eigenvalue weighted by Gasteiger charge is -2.32. The molecule has 0 saturated heterocycles. The predicted octanol–water partition coefficient (Wildman–Crippen LogP) is 5.22. The van der Waals surface area contributed by atoms with E-state index in [1.807, 2.05) is 11.8 Å². The second kappa shape index (κ2) is 7.13. The number of benzene rings is 1. The number of thioether (sulfide) groups is 1. The van der Waals surface area contributed by atoms with Gasteiger partial charge in [-0.2, -0.15) is 0 Å². The fraction of sp³-hybridized carbons (Fsp3) is 0.571. The average Bonchev–Trinajstić information content (AvgIpc) is 2.24. The van der Waals surface area contributed by atoms with E-state index in [4.69, 9.17) is 4.43 Å². The zero-order valence-electron chi connectivity index (χ0n) is 11.8. The van der Waals surface area contributed by atoms with Gasteiger partial charge < -0.3 is 4.43 Å². The fourth-order valence-electron chi connectivity index (χ4n) is 1.45. The van der Waals surface area contributed by atoms with Crippen molar-refractivity contribution < 1.29 is 4.43 Å². The molecule has 0 saturated carbocycles. The van der Waals surface area contributed by atoms with Crippen LogP contribution in [0.2, 0.25) is 13.1 Å². The quantitative estimate of drug-likeness (QED) is 0.534. The maximum absolute atomic E-state index is 6.13. The van der Waals surface area contributed by atoms with Gasteiger partial charge in [0.05, 0.1) is 6.10 Å². The van der Waals surface area contributed by atoms with E-state index in [9.17, 15) is 0 Å². The van der Waals surface area contributed by atoms with Crippen molar-refractivity contribution in [3.63, 3.8) is 0 Å². The summed E-state index contributed by atoms with van der Waals surface area (Å²) in [5, 5.41) is 0. The maximum Gasteiger partial charge on any atom is 0.205 e. The molecule has 0 aliphatic rings. The third kappa shape index (κ3) is 5.91. The van der Waals surface area contributed by atoms with Crippen LogP contribution in [0, 0.1) is 5.41 Å². The lowest BCUT2D eigenvalue weighted by Crippen LogP contribution is -2.35. The summed E-state index contributed by atoms with van der Waals surface area (Å²) in [4.78, 5) is 1.30. The molecular formula is C14H22BrOSSi. The van der Waals surface area contributed by atoms with Crippen LogP contribution in [0.25, 0.3) is 0 Å². The Labute approximate surface area is 126 Å². The van der Waals surface area contributed by atoms with Crippen LogP contribution in [0.5, 0.6) is 0 Å². The third-order valence-corrected chi connectivity index (χ3v) is 4.92. The van der Waals surface area contributed by atoms with E-state index < -0.39 is 9.04 Å². The number of rotatable bonds is 5. The minimum Gasteiger partial charge on any atom is -0.413 e. The van der Waals surface area contributed by atoms with Gasteiger partial charge in [-0.15, -0.1) is 11.8 Å². The summed E-state index contributed by atoms with van der Waals surface area (Å²) < 4.78 is 7.26. The highest BCUT2D eigenvalue weighted by Gasteiger charge is 2.26. The van der Waals surface area contributed by atoms with Gasteiger partial charge in [0.15, 0.2) is 0 Å². The standard InChI is InChI=1S/C14H22BrOSSi/c1-14(2,3)13(16-18(4)5)10-17-12-8-6-11(15)7-9-12/h6-9,13H,10H2,1-5H3. The fourth-order valence-corrected chi connectivity index (χ4v) is 4.08. The molecule has 0 bridgehead atoms. The summed E-state index contributed by atoms with van der Waals surface area (Å²) in [6.45, 7) is 11.2. The third-order valence-electron chi connectivity index (χ3n) is 2.56. The van der Waals surface area contributed by atoms with Crippen LogP contribution >= 0.6 is 27.7 Å². The smallest absolute Gasteiger partial charge is 0.205 e. The molecule has 0 aromatic heterocycles. The molecular weight excluding hydrogens is 324 g/mol. The van der Waals surface area contributed by atoms with E-state index in [0.29, 0.717) is 6.10 Å². The molecule has 1 unspecified atom stereocenters. The Bertz CT molecular complexity index is 359. The van der Waals surface area contributed by atoms with Crippen molar-refractivity contribution >= 4 is 36.7 Å². The van der Waals surface area contributed by atoms with E-state index >= 15 is 0 Å². The molecule has 1 atom stereocenters. The number of hydrogen-bond acceptors (Lipinski definition) is 2. The van der Waals surface area contributed by atoms with Gasteiger partial charge in [-0.1, -0.05) is 36.7 Å². The molecule has 101 valence electrons. The van der Waals surface area contributed by atoms with Gasteiger partial charge in [0.2, 0.25) is 9.04 Å². The van der Waals surface area contributed by atoms with E-state index in [2.05, 4.69) is 74.1 Å². The van der Waals surface area contributed by atoms with E-state index in [-0.39, 0.29) is 5.41 Å². The first kappa shape index (κ1) is 16.3. The Morgan fingerprint density at radius 3 is 2.22 bits per heavy atom. The highest BCUT2D eigenvalue weighted by atomic mass is 79.9. The highest BCUT2D eigenvalue weighted by molar-refractivity contribution is 9.10. The molecule has 1 nitrogen and oxygen atoms in total. The minimum absolute atomic E-state index is 0.199. The van der Waals surface area contributed by atoms with Gasteiger partial charge in [-0.3, -0.25) is 0 Å². The molecule has 0 heterocycles. The first-order chi connectivity index (χ1) is 8.29. The second-order valence-electron chi connectivity index (χ2n) is 5.65. The molecule has 0 fully saturated rings. The normalized spacial score (nSPS) is 13.9. The topological polar surface area (TPSA) is 9.23 Å². The summed E-state index contributed by atoms with van der Waals surface area (Å²) in [5.74, 6) is 1.01. The Kier molecular flexibility index (Phi) is 6.45. The number of hydrogen-bond donors (Lipinski definition) is 0. The molecule has 18 heavy (non-hydrogen) atoms. The summed E-state index contributed by atoms with van der Waals surface area (Å²) >= 11 is 5.34. The Morgan fingerprint density at radius 1 is 1.22 bits per heavy atom. The van der Waals surface area contributed by atoms with Crippen LogP contribution in [-0.2, 0) is 4.43 Å². The lowest BCUT2D eigenvalue weighted by atomic mass is 9.90.